The summed E-state index contributed by atoms with van der Waals surface area (Å²) in [7, 11) is 0. The van der Waals surface area contributed by atoms with Crippen molar-refractivity contribution in [1.29, 1.82) is 0 Å². The summed E-state index contributed by atoms with van der Waals surface area (Å²) in [5, 5.41) is 9.50. The SMILES string of the molecule is Cc1ccc(Nc2nc(C)cc(Nc3ccc(NC(=O)C4CC(=O)N(c5ccc(C)c(C)c5)C4)cc3)n2)cc1. The molecule has 1 atom stereocenters. The standard InChI is InChI=1S/C31H32N6O2/c1-19-5-8-26(9-6-19)35-31-32-22(4)16-28(36-31)33-24-10-12-25(13-11-24)34-30(39)23-17-29(38)37(18-23)27-14-7-20(2)21(3)15-27/h5-16,23H,17-18H2,1-4H3,(H,34,39)(H2,32,33,35,36). The second kappa shape index (κ2) is 10.9. The number of hydrogen-bond acceptors (Lipinski definition) is 6. The quantitative estimate of drug-likeness (QED) is 0.269. The highest BCUT2D eigenvalue weighted by Gasteiger charge is 2.35. The topological polar surface area (TPSA) is 99.2 Å². The molecule has 1 fully saturated rings. The molecule has 3 aromatic carbocycles. The minimum Gasteiger partial charge on any atom is -0.340 e. The minimum absolute atomic E-state index is 0.0330. The van der Waals surface area contributed by atoms with E-state index in [-0.39, 0.29) is 18.2 Å². The molecule has 0 saturated carbocycles. The number of rotatable bonds is 7. The fourth-order valence-corrected chi connectivity index (χ4v) is 4.51. The summed E-state index contributed by atoms with van der Waals surface area (Å²) >= 11 is 0. The molecular weight excluding hydrogens is 488 g/mol. The molecule has 0 radical (unpaired) electrons. The minimum atomic E-state index is -0.402. The van der Waals surface area contributed by atoms with Gasteiger partial charge in [0.25, 0.3) is 0 Å². The third-order valence-corrected chi connectivity index (χ3v) is 6.88. The number of nitrogens with one attached hydrogen (secondary N) is 3. The molecule has 1 aliphatic rings. The van der Waals surface area contributed by atoms with Crippen LogP contribution in [0.1, 0.15) is 28.8 Å². The normalized spacial score (nSPS) is 14.8. The van der Waals surface area contributed by atoms with Crippen LogP contribution in [-0.4, -0.2) is 28.3 Å². The average molecular weight is 521 g/mol. The molecule has 1 aliphatic heterocycles. The van der Waals surface area contributed by atoms with Gasteiger partial charge in [-0.2, -0.15) is 4.98 Å². The lowest BCUT2D eigenvalue weighted by molar-refractivity contribution is -0.122. The number of nitrogens with zero attached hydrogens (tertiary/aromatic N) is 3. The lowest BCUT2D eigenvalue weighted by Gasteiger charge is -2.18. The summed E-state index contributed by atoms with van der Waals surface area (Å²) in [6.07, 6.45) is 0.199. The molecule has 2 heterocycles. The molecule has 1 aromatic heterocycles. The summed E-state index contributed by atoms with van der Waals surface area (Å²) in [6.45, 7) is 8.40. The van der Waals surface area contributed by atoms with Gasteiger partial charge >= 0.3 is 0 Å². The van der Waals surface area contributed by atoms with E-state index in [0.717, 1.165) is 28.3 Å². The van der Waals surface area contributed by atoms with Gasteiger partial charge in [-0.25, -0.2) is 4.98 Å². The van der Waals surface area contributed by atoms with Crippen molar-refractivity contribution in [3.63, 3.8) is 0 Å². The van der Waals surface area contributed by atoms with Crippen molar-refractivity contribution in [1.82, 2.24) is 9.97 Å². The van der Waals surface area contributed by atoms with Gasteiger partial charge < -0.3 is 20.9 Å². The third kappa shape index (κ3) is 6.23. The summed E-state index contributed by atoms with van der Waals surface area (Å²) in [5.74, 6) is 0.569. The van der Waals surface area contributed by atoms with Gasteiger partial charge in [0.1, 0.15) is 5.82 Å². The maximum atomic E-state index is 12.9. The zero-order valence-electron chi connectivity index (χ0n) is 22.6. The van der Waals surface area contributed by atoms with Gasteiger partial charge in [-0.1, -0.05) is 23.8 Å². The molecule has 2 amide bonds. The Morgan fingerprint density at radius 2 is 1.46 bits per heavy atom. The molecule has 0 spiro atoms. The van der Waals surface area contributed by atoms with E-state index in [0.29, 0.717) is 24.0 Å². The number of aryl methyl sites for hydroxylation is 4. The maximum absolute atomic E-state index is 12.9. The molecule has 0 bridgehead atoms. The molecule has 5 rings (SSSR count). The molecule has 198 valence electrons. The Labute approximate surface area is 228 Å². The fraction of sp³-hybridized carbons (Fsp3) is 0.226. The largest absolute Gasteiger partial charge is 0.340 e. The van der Waals surface area contributed by atoms with Crippen molar-refractivity contribution in [2.75, 3.05) is 27.4 Å². The lowest BCUT2D eigenvalue weighted by Crippen LogP contribution is -2.28. The Bertz CT molecular complexity index is 1520. The Morgan fingerprint density at radius 3 is 2.18 bits per heavy atom. The van der Waals surface area contributed by atoms with E-state index in [2.05, 4.69) is 25.9 Å². The fourth-order valence-electron chi connectivity index (χ4n) is 4.51. The predicted molar refractivity (Wildman–Crippen MR) is 156 cm³/mol. The van der Waals surface area contributed by atoms with Crippen LogP contribution in [0.4, 0.5) is 34.5 Å². The Morgan fingerprint density at radius 1 is 0.795 bits per heavy atom. The first-order valence-corrected chi connectivity index (χ1v) is 13.0. The van der Waals surface area contributed by atoms with E-state index in [9.17, 15) is 9.59 Å². The predicted octanol–water partition coefficient (Wildman–Crippen LogP) is 6.19. The van der Waals surface area contributed by atoms with E-state index in [1.807, 2.05) is 100 Å². The van der Waals surface area contributed by atoms with Crippen LogP contribution >= 0.6 is 0 Å². The monoisotopic (exact) mass is 520 g/mol. The van der Waals surface area contributed by atoms with Gasteiger partial charge in [0, 0.05) is 47.5 Å². The number of anilines is 6. The molecule has 1 unspecified atom stereocenters. The molecule has 8 nitrogen and oxygen atoms in total. The van der Waals surface area contributed by atoms with Crippen molar-refractivity contribution in [3.05, 3.63) is 95.2 Å². The lowest BCUT2D eigenvalue weighted by atomic mass is 10.1. The zero-order valence-corrected chi connectivity index (χ0v) is 22.6. The van der Waals surface area contributed by atoms with Crippen LogP contribution in [0.25, 0.3) is 0 Å². The first-order valence-electron chi connectivity index (χ1n) is 13.0. The van der Waals surface area contributed by atoms with E-state index in [1.54, 1.807) is 4.90 Å². The van der Waals surface area contributed by atoms with Crippen LogP contribution in [0.3, 0.4) is 0 Å². The maximum Gasteiger partial charge on any atom is 0.229 e. The van der Waals surface area contributed by atoms with Crippen molar-refractivity contribution in [2.45, 2.75) is 34.1 Å². The van der Waals surface area contributed by atoms with Gasteiger partial charge in [0.2, 0.25) is 17.8 Å². The molecule has 8 heteroatoms. The molecule has 1 saturated heterocycles. The second-order valence-electron chi connectivity index (χ2n) is 10.1. The molecule has 3 N–H and O–H groups in total. The van der Waals surface area contributed by atoms with Gasteiger partial charge in [0.05, 0.1) is 5.92 Å². The first kappa shape index (κ1) is 25.9. The number of amides is 2. The highest BCUT2D eigenvalue weighted by Crippen LogP contribution is 2.28. The highest BCUT2D eigenvalue weighted by molar-refractivity contribution is 6.03. The average Bonchev–Trinajstić information content (AvgIpc) is 3.29. The van der Waals surface area contributed by atoms with Crippen molar-refractivity contribution >= 4 is 46.3 Å². The molecule has 0 aliphatic carbocycles. The number of benzene rings is 3. The van der Waals surface area contributed by atoms with Crippen LogP contribution in [0.5, 0.6) is 0 Å². The van der Waals surface area contributed by atoms with Crippen molar-refractivity contribution in [3.8, 4) is 0 Å². The molecule has 4 aromatic rings. The van der Waals surface area contributed by atoms with E-state index < -0.39 is 5.92 Å². The van der Waals surface area contributed by atoms with E-state index in [4.69, 9.17) is 0 Å². The second-order valence-corrected chi connectivity index (χ2v) is 10.1. The number of hydrogen-bond donors (Lipinski definition) is 3. The zero-order chi connectivity index (χ0) is 27.5. The van der Waals surface area contributed by atoms with Crippen molar-refractivity contribution in [2.24, 2.45) is 5.92 Å². The van der Waals surface area contributed by atoms with Crippen LogP contribution < -0.4 is 20.9 Å². The molecular formula is C31H32N6O2. The summed E-state index contributed by atoms with van der Waals surface area (Å²) in [6, 6.07) is 23.3. The number of aromatic nitrogens is 2. The van der Waals surface area contributed by atoms with E-state index >= 15 is 0 Å². The number of carbonyl (C=O) groups excluding carboxylic acids is 2. The summed E-state index contributed by atoms with van der Waals surface area (Å²) < 4.78 is 0. The van der Waals surface area contributed by atoms with Crippen LogP contribution in [0.15, 0.2) is 72.8 Å². The van der Waals surface area contributed by atoms with E-state index in [1.165, 1.54) is 11.1 Å². The first-order chi connectivity index (χ1) is 18.7. The smallest absolute Gasteiger partial charge is 0.229 e. The van der Waals surface area contributed by atoms with Crippen LogP contribution in [-0.2, 0) is 9.59 Å². The van der Waals surface area contributed by atoms with Gasteiger partial charge in [-0.15, -0.1) is 0 Å². The molecule has 39 heavy (non-hydrogen) atoms. The summed E-state index contributed by atoms with van der Waals surface area (Å²) in [4.78, 5) is 36.4. The van der Waals surface area contributed by atoms with Crippen LogP contribution in [0, 0.1) is 33.6 Å². The van der Waals surface area contributed by atoms with Crippen LogP contribution in [0.2, 0.25) is 0 Å². The van der Waals surface area contributed by atoms with Gasteiger partial charge in [-0.05, 0) is 87.4 Å². The highest BCUT2D eigenvalue weighted by atomic mass is 16.2. The van der Waals surface area contributed by atoms with Gasteiger partial charge in [0.15, 0.2) is 0 Å². The number of carbonyl (C=O) groups is 2. The van der Waals surface area contributed by atoms with Crippen molar-refractivity contribution < 1.29 is 9.59 Å². The Hall–Kier alpha value is -4.72. The Balaban J connectivity index is 1.20. The summed E-state index contributed by atoms with van der Waals surface area (Å²) in [5.41, 5.74) is 7.55. The third-order valence-electron chi connectivity index (χ3n) is 6.88. The van der Waals surface area contributed by atoms with Gasteiger partial charge in [-0.3, -0.25) is 9.59 Å². The Kier molecular flexibility index (Phi) is 7.27.